The van der Waals surface area contributed by atoms with Gasteiger partial charge in [-0.15, -0.1) is 0 Å². The van der Waals surface area contributed by atoms with E-state index in [1.54, 1.807) is 0 Å². The molecule has 1 nitrogen and oxygen atoms in total. The third kappa shape index (κ3) is 5.38. The van der Waals surface area contributed by atoms with Crippen molar-refractivity contribution in [3.63, 3.8) is 0 Å². The highest BCUT2D eigenvalue weighted by Crippen LogP contribution is 2.49. The maximum atomic E-state index is 3.65. The first-order chi connectivity index (χ1) is 22.7. The van der Waals surface area contributed by atoms with Crippen LogP contribution in [-0.4, -0.2) is 0 Å². The Kier molecular flexibility index (Phi) is 7.88. The molecule has 5 aromatic rings. The Labute approximate surface area is 281 Å². The van der Waals surface area contributed by atoms with E-state index in [-0.39, 0.29) is 16.7 Å². The molecule has 1 heteroatoms. The normalized spacial score (nSPS) is 16.6. The molecule has 47 heavy (non-hydrogen) atoms. The van der Waals surface area contributed by atoms with E-state index >= 15 is 0 Å². The molecule has 1 aliphatic heterocycles. The van der Waals surface area contributed by atoms with Crippen LogP contribution in [0.1, 0.15) is 92.8 Å². The molecule has 0 saturated heterocycles. The molecule has 0 saturated carbocycles. The number of para-hydroxylation sites is 1. The first kappa shape index (κ1) is 30.8. The topological polar surface area (TPSA) is 12.0 Å². The van der Waals surface area contributed by atoms with Gasteiger partial charge in [0.05, 0.1) is 0 Å². The van der Waals surface area contributed by atoms with Gasteiger partial charge in [-0.1, -0.05) is 156 Å². The summed E-state index contributed by atoms with van der Waals surface area (Å²) in [6.45, 7) is 13.8. The van der Waals surface area contributed by atoms with E-state index in [1.165, 1.54) is 72.6 Å². The first-order valence-corrected chi connectivity index (χ1v) is 17.1. The highest BCUT2D eigenvalue weighted by molar-refractivity contribution is 5.83. The van der Waals surface area contributed by atoms with Crippen molar-refractivity contribution in [2.75, 3.05) is 5.32 Å². The lowest BCUT2D eigenvalue weighted by atomic mass is 9.73. The number of hydrogen-bond donors (Lipinski definition) is 1. The summed E-state index contributed by atoms with van der Waals surface area (Å²) >= 11 is 0. The monoisotopic (exact) mass is 611 g/mol. The summed E-state index contributed by atoms with van der Waals surface area (Å²) in [7, 11) is 0. The van der Waals surface area contributed by atoms with Crippen LogP contribution >= 0.6 is 0 Å². The molecule has 0 fully saturated rings. The molecule has 7 rings (SSSR count). The van der Waals surface area contributed by atoms with Gasteiger partial charge in [-0.25, -0.2) is 0 Å². The number of benzene rings is 5. The van der Waals surface area contributed by atoms with Gasteiger partial charge < -0.3 is 5.32 Å². The minimum atomic E-state index is -0.0719. The van der Waals surface area contributed by atoms with Gasteiger partial charge in [-0.05, 0) is 92.8 Å². The number of rotatable bonds is 7. The summed E-state index contributed by atoms with van der Waals surface area (Å²) in [5, 5.41) is 3.65. The van der Waals surface area contributed by atoms with Gasteiger partial charge in [0.2, 0.25) is 0 Å². The summed E-state index contributed by atoms with van der Waals surface area (Å²) in [6.07, 6.45) is 10.2. The summed E-state index contributed by atoms with van der Waals surface area (Å²) < 4.78 is 0. The van der Waals surface area contributed by atoms with Crippen LogP contribution in [0.15, 0.2) is 139 Å². The van der Waals surface area contributed by atoms with Crippen molar-refractivity contribution in [2.45, 2.75) is 64.7 Å². The second-order valence-electron chi connectivity index (χ2n) is 14.1. The van der Waals surface area contributed by atoms with E-state index in [0.717, 1.165) is 6.42 Å². The SMILES string of the molecule is C/C=C\C1=C(CC)c2ccc(C(/C=C/c3ccc(-c4ccc5c(c4)C(C)(C)c4ccccc4N5)cc3)c3ccccc3)cc2C1(C)C. The Bertz CT molecular complexity index is 2030. The van der Waals surface area contributed by atoms with Crippen molar-refractivity contribution in [1.29, 1.82) is 0 Å². The molecular formula is C46H45N. The average Bonchev–Trinajstić information content (AvgIpc) is 3.30. The maximum Gasteiger partial charge on any atom is 0.0426 e. The van der Waals surface area contributed by atoms with Crippen LogP contribution in [0.3, 0.4) is 0 Å². The molecule has 1 aliphatic carbocycles. The van der Waals surface area contributed by atoms with Crippen molar-refractivity contribution in [1.82, 2.24) is 0 Å². The average molecular weight is 612 g/mol. The van der Waals surface area contributed by atoms with Gasteiger partial charge in [-0.3, -0.25) is 0 Å². The summed E-state index contributed by atoms with van der Waals surface area (Å²) in [5.74, 6) is 0.158. The van der Waals surface area contributed by atoms with Crippen molar-refractivity contribution < 1.29 is 0 Å². The van der Waals surface area contributed by atoms with E-state index in [2.05, 4.69) is 186 Å². The van der Waals surface area contributed by atoms with Crippen LogP contribution in [0.25, 0.3) is 22.8 Å². The molecule has 1 heterocycles. The largest absolute Gasteiger partial charge is 0.355 e. The molecule has 1 N–H and O–H groups in total. The zero-order valence-electron chi connectivity index (χ0n) is 28.6. The zero-order chi connectivity index (χ0) is 32.8. The standard InChI is InChI=1S/C46H45N/c1-7-14-39-36(8-2)38-27-24-35(30-41(38)45(39,3)4)37(33-15-10-9-11-16-33)26-21-31-19-22-32(23-20-31)34-25-28-44-42(29-34)46(5,6)40-17-12-13-18-43(40)47-44/h7,9-30,37,47H,8H2,1-6H3/b14-7-,26-21+. The van der Waals surface area contributed by atoms with Gasteiger partial charge in [0, 0.05) is 28.1 Å². The smallest absolute Gasteiger partial charge is 0.0426 e. The summed E-state index contributed by atoms with van der Waals surface area (Å²) in [5.41, 5.74) is 17.1. The van der Waals surface area contributed by atoms with E-state index < -0.39 is 0 Å². The van der Waals surface area contributed by atoms with Crippen molar-refractivity contribution >= 4 is 23.0 Å². The molecule has 234 valence electrons. The lowest BCUT2D eigenvalue weighted by molar-refractivity contribution is 0.638. The zero-order valence-corrected chi connectivity index (χ0v) is 28.6. The van der Waals surface area contributed by atoms with Crippen molar-refractivity contribution in [3.05, 3.63) is 178 Å². The molecule has 0 amide bonds. The molecule has 0 bridgehead atoms. The predicted octanol–water partition coefficient (Wildman–Crippen LogP) is 12.6. The Morgan fingerprint density at radius 3 is 2.06 bits per heavy atom. The van der Waals surface area contributed by atoms with Crippen molar-refractivity contribution in [2.24, 2.45) is 0 Å². The quantitative estimate of drug-likeness (QED) is 0.193. The van der Waals surface area contributed by atoms with E-state index in [0.29, 0.717) is 0 Å². The van der Waals surface area contributed by atoms with Gasteiger partial charge in [-0.2, -0.15) is 0 Å². The minimum absolute atomic E-state index is 0.0185. The second-order valence-corrected chi connectivity index (χ2v) is 14.1. The Morgan fingerprint density at radius 2 is 1.32 bits per heavy atom. The molecule has 0 aromatic heterocycles. The first-order valence-electron chi connectivity index (χ1n) is 17.1. The third-order valence-corrected chi connectivity index (χ3v) is 10.5. The highest BCUT2D eigenvalue weighted by Gasteiger charge is 2.36. The Balaban J connectivity index is 1.19. The molecule has 5 aromatic carbocycles. The maximum absolute atomic E-state index is 3.65. The molecular weight excluding hydrogens is 567 g/mol. The van der Waals surface area contributed by atoms with E-state index in [9.17, 15) is 0 Å². The fourth-order valence-electron chi connectivity index (χ4n) is 7.91. The van der Waals surface area contributed by atoms with Gasteiger partial charge >= 0.3 is 0 Å². The fraction of sp³-hybridized carbons (Fsp3) is 0.217. The second kappa shape index (κ2) is 12.0. The molecule has 1 unspecified atom stereocenters. The van der Waals surface area contributed by atoms with E-state index in [4.69, 9.17) is 0 Å². The predicted molar refractivity (Wildman–Crippen MR) is 203 cm³/mol. The summed E-state index contributed by atoms with van der Waals surface area (Å²) in [4.78, 5) is 0. The molecule has 0 spiro atoms. The van der Waals surface area contributed by atoms with E-state index in [1.807, 2.05) is 0 Å². The van der Waals surface area contributed by atoms with Gasteiger partial charge in [0.1, 0.15) is 0 Å². The van der Waals surface area contributed by atoms with Crippen LogP contribution in [0.5, 0.6) is 0 Å². The molecule has 0 radical (unpaired) electrons. The lowest BCUT2D eigenvalue weighted by Gasteiger charge is -2.36. The van der Waals surface area contributed by atoms with Crippen molar-refractivity contribution in [3.8, 4) is 11.1 Å². The van der Waals surface area contributed by atoms with Crippen LogP contribution in [0.4, 0.5) is 11.4 Å². The fourth-order valence-corrected chi connectivity index (χ4v) is 7.91. The van der Waals surface area contributed by atoms with Crippen LogP contribution in [0.2, 0.25) is 0 Å². The lowest BCUT2D eigenvalue weighted by Crippen LogP contribution is -2.25. The Hall–Kier alpha value is -4.88. The summed E-state index contributed by atoms with van der Waals surface area (Å²) in [6, 6.07) is 42.6. The highest BCUT2D eigenvalue weighted by atomic mass is 14.9. The number of anilines is 2. The number of allylic oxidation sites excluding steroid dienone is 5. The van der Waals surface area contributed by atoms with Gasteiger partial charge in [0.25, 0.3) is 0 Å². The van der Waals surface area contributed by atoms with Crippen LogP contribution < -0.4 is 5.32 Å². The van der Waals surface area contributed by atoms with Crippen LogP contribution in [-0.2, 0) is 10.8 Å². The van der Waals surface area contributed by atoms with Gasteiger partial charge in [0.15, 0.2) is 0 Å². The molecule has 2 aliphatic rings. The number of nitrogens with one attached hydrogen (secondary N) is 1. The van der Waals surface area contributed by atoms with Crippen LogP contribution in [0, 0.1) is 0 Å². The number of fused-ring (bicyclic) bond motifs is 3. The minimum Gasteiger partial charge on any atom is -0.355 e. The molecule has 1 atom stereocenters. The Morgan fingerprint density at radius 1 is 0.617 bits per heavy atom. The third-order valence-electron chi connectivity index (χ3n) is 10.5. The number of hydrogen-bond acceptors (Lipinski definition) is 1.